The van der Waals surface area contributed by atoms with Crippen LogP contribution >= 0.6 is 0 Å². The molecule has 1 saturated heterocycles. The first-order chi connectivity index (χ1) is 7.15. The summed E-state index contributed by atoms with van der Waals surface area (Å²) in [5.41, 5.74) is 0. The van der Waals surface area contributed by atoms with E-state index in [2.05, 4.69) is 6.92 Å². The summed E-state index contributed by atoms with van der Waals surface area (Å²) in [7, 11) is 0. The van der Waals surface area contributed by atoms with Gasteiger partial charge in [-0.1, -0.05) is 19.8 Å². The number of unbranched alkanes of at least 4 members (excludes halogenated alkanes) is 2. The van der Waals surface area contributed by atoms with Gasteiger partial charge in [0.25, 0.3) is 0 Å². The molecule has 1 heterocycles. The smallest absolute Gasteiger partial charge is 0.186 e. The molecular formula is C10H20O5. The van der Waals surface area contributed by atoms with Crippen molar-refractivity contribution in [1.29, 1.82) is 0 Å². The summed E-state index contributed by atoms with van der Waals surface area (Å²) >= 11 is 0. The number of aliphatic hydroxyl groups is 3. The van der Waals surface area contributed by atoms with Gasteiger partial charge in [-0.15, -0.1) is 0 Å². The molecule has 90 valence electrons. The Hall–Kier alpha value is -0.200. The maximum atomic E-state index is 9.35. The highest BCUT2D eigenvalue weighted by molar-refractivity contribution is 4.76. The van der Waals surface area contributed by atoms with E-state index in [-0.39, 0.29) is 6.42 Å². The van der Waals surface area contributed by atoms with E-state index in [1.807, 2.05) is 0 Å². The molecule has 4 atom stereocenters. The van der Waals surface area contributed by atoms with Gasteiger partial charge in [0.05, 0.1) is 6.10 Å². The lowest BCUT2D eigenvalue weighted by Crippen LogP contribution is -2.48. The Morgan fingerprint density at radius 1 is 1.27 bits per heavy atom. The molecule has 0 aliphatic carbocycles. The zero-order chi connectivity index (χ0) is 11.3. The van der Waals surface area contributed by atoms with Crippen LogP contribution in [0.3, 0.4) is 0 Å². The molecule has 3 N–H and O–H groups in total. The van der Waals surface area contributed by atoms with Crippen molar-refractivity contribution in [3.05, 3.63) is 0 Å². The molecule has 0 saturated carbocycles. The molecule has 0 aromatic heterocycles. The van der Waals surface area contributed by atoms with Crippen LogP contribution in [0.2, 0.25) is 0 Å². The fraction of sp³-hybridized carbons (Fsp3) is 1.00. The maximum absolute atomic E-state index is 9.35. The third-order valence-corrected chi connectivity index (χ3v) is 2.46. The Balaban J connectivity index is 2.20. The van der Waals surface area contributed by atoms with Gasteiger partial charge in [-0.2, -0.15) is 0 Å². The average molecular weight is 220 g/mol. The number of rotatable bonds is 5. The Kier molecular flexibility index (Phi) is 5.49. The predicted octanol–water partition coefficient (Wildman–Crippen LogP) is -0.0202. The van der Waals surface area contributed by atoms with Crippen LogP contribution in [0.4, 0.5) is 0 Å². The molecule has 5 heteroatoms. The molecule has 5 nitrogen and oxygen atoms in total. The summed E-state index contributed by atoms with van der Waals surface area (Å²) in [6.07, 6.45) is -0.861. The highest BCUT2D eigenvalue weighted by Gasteiger charge is 2.35. The van der Waals surface area contributed by atoms with Crippen LogP contribution in [0, 0.1) is 0 Å². The fourth-order valence-electron chi connectivity index (χ4n) is 1.49. The zero-order valence-corrected chi connectivity index (χ0v) is 9.00. The van der Waals surface area contributed by atoms with E-state index in [0.717, 1.165) is 19.3 Å². The van der Waals surface area contributed by atoms with Gasteiger partial charge in [0, 0.05) is 13.0 Å². The van der Waals surface area contributed by atoms with E-state index in [0.29, 0.717) is 6.61 Å². The Bertz CT molecular complexity index is 163. The molecule has 0 amide bonds. The summed E-state index contributed by atoms with van der Waals surface area (Å²) in [6, 6.07) is 0. The first-order valence-corrected chi connectivity index (χ1v) is 5.46. The van der Waals surface area contributed by atoms with Gasteiger partial charge in [0.1, 0.15) is 6.10 Å². The first-order valence-electron chi connectivity index (χ1n) is 5.46. The van der Waals surface area contributed by atoms with E-state index in [1.54, 1.807) is 0 Å². The lowest BCUT2D eigenvalue weighted by molar-refractivity contribution is -0.305. The standard InChI is InChI=1S/C10H20O5/c1-2-3-4-5-14-8-6-7(11)9(12)10(13)15-8/h7-13H,2-6H2,1H3/t7-,8?,9+,10?/m0/s1. The van der Waals surface area contributed by atoms with Crippen LogP contribution in [0.25, 0.3) is 0 Å². The van der Waals surface area contributed by atoms with Crippen LogP contribution in [-0.2, 0) is 9.47 Å². The molecule has 0 spiro atoms. The summed E-state index contributed by atoms with van der Waals surface area (Å²) in [4.78, 5) is 0. The molecule has 2 unspecified atom stereocenters. The molecule has 1 fully saturated rings. The van der Waals surface area contributed by atoms with Gasteiger partial charge in [0.15, 0.2) is 12.6 Å². The topological polar surface area (TPSA) is 79.2 Å². The van der Waals surface area contributed by atoms with Crippen molar-refractivity contribution in [3.63, 3.8) is 0 Å². The molecule has 1 aliphatic heterocycles. The second kappa shape index (κ2) is 6.40. The molecule has 15 heavy (non-hydrogen) atoms. The number of ether oxygens (including phenoxy) is 2. The minimum Gasteiger partial charge on any atom is -0.390 e. The monoisotopic (exact) mass is 220 g/mol. The van der Waals surface area contributed by atoms with Crippen molar-refractivity contribution in [2.45, 2.75) is 57.4 Å². The first kappa shape index (κ1) is 12.9. The van der Waals surface area contributed by atoms with Crippen molar-refractivity contribution in [2.75, 3.05) is 6.61 Å². The van der Waals surface area contributed by atoms with Gasteiger partial charge < -0.3 is 24.8 Å². The van der Waals surface area contributed by atoms with E-state index in [9.17, 15) is 15.3 Å². The number of hydrogen-bond acceptors (Lipinski definition) is 5. The predicted molar refractivity (Wildman–Crippen MR) is 53.0 cm³/mol. The third-order valence-electron chi connectivity index (χ3n) is 2.46. The molecule has 0 radical (unpaired) electrons. The van der Waals surface area contributed by atoms with E-state index >= 15 is 0 Å². The highest BCUT2D eigenvalue weighted by Crippen LogP contribution is 2.19. The summed E-state index contributed by atoms with van der Waals surface area (Å²) in [6.45, 7) is 2.65. The zero-order valence-electron chi connectivity index (χ0n) is 9.00. The Morgan fingerprint density at radius 3 is 2.60 bits per heavy atom. The van der Waals surface area contributed by atoms with Crippen molar-refractivity contribution < 1.29 is 24.8 Å². The molecule has 0 aromatic carbocycles. The average Bonchev–Trinajstić information content (AvgIpc) is 2.21. The summed E-state index contributed by atoms with van der Waals surface area (Å²) in [5.74, 6) is 0. The van der Waals surface area contributed by atoms with Crippen molar-refractivity contribution in [1.82, 2.24) is 0 Å². The Labute approximate surface area is 89.6 Å². The van der Waals surface area contributed by atoms with Crippen molar-refractivity contribution in [3.8, 4) is 0 Å². The lowest BCUT2D eigenvalue weighted by Gasteiger charge is -2.33. The molecule has 1 aliphatic rings. The normalized spacial score (nSPS) is 36.8. The Morgan fingerprint density at radius 2 is 2.00 bits per heavy atom. The minimum absolute atomic E-state index is 0.199. The van der Waals surface area contributed by atoms with Crippen LogP contribution in [0.15, 0.2) is 0 Å². The van der Waals surface area contributed by atoms with Crippen molar-refractivity contribution in [2.24, 2.45) is 0 Å². The van der Waals surface area contributed by atoms with Crippen LogP contribution in [-0.4, -0.2) is 46.7 Å². The SMILES string of the molecule is CCCCCOC1C[C@H](O)[C@@H](O)C(O)O1. The van der Waals surface area contributed by atoms with Gasteiger partial charge in [-0.3, -0.25) is 0 Å². The largest absolute Gasteiger partial charge is 0.390 e. The van der Waals surface area contributed by atoms with E-state index in [4.69, 9.17) is 9.47 Å². The van der Waals surface area contributed by atoms with Gasteiger partial charge in [-0.25, -0.2) is 0 Å². The third kappa shape index (κ3) is 4.04. The quantitative estimate of drug-likeness (QED) is 0.567. The fourth-order valence-corrected chi connectivity index (χ4v) is 1.49. The van der Waals surface area contributed by atoms with Crippen LogP contribution in [0.5, 0.6) is 0 Å². The number of hydrogen-bond donors (Lipinski definition) is 3. The molecule has 0 aromatic rings. The molecule has 0 bridgehead atoms. The highest BCUT2D eigenvalue weighted by atomic mass is 16.7. The second-order valence-corrected chi connectivity index (χ2v) is 3.83. The molecule has 1 rings (SSSR count). The van der Waals surface area contributed by atoms with Crippen LogP contribution in [0.1, 0.15) is 32.6 Å². The number of aliphatic hydroxyl groups excluding tert-OH is 3. The summed E-state index contributed by atoms with van der Waals surface area (Å²) < 4.78 is 10.3. The maximum Gasteiger partial charge on any atom is 0.186 e. The minimum atomic E-state index is -1.36. The van der Waals surface area contributed by atoms with Gasteiger partial charge >= 0.3 is 0 Å². The van der Waals surface area contributed by atoms with Crippen LogP contribution < -0.4 is 0 Å². The second-order valence-electron chi connectivity index (χ2n) is 3.83. The van der Waals surface area contributed by atoms with Gasteiger partial charge in [0.2, 0.25) is 0 Å². The van der Waals surface area contributed by atoms with E-state index < -0.39 is 24.8 Å². The summed E-state index contributed by atoms with van der Waals surface area (Å²) in [5, 5.41) is 27.8. The van der Waals surface area contributed by atoms with Crippen molar-refractivity contribution >= 4 is 0 Å². The molecular weight excluding hydrogens is 200 g/mol. The van der Waals surface area contributed by atoms with E-state index in [1.165, 1.54) is 0 Å². The van der Waals surface area contributed by atoms with Gasteiger partial charge in [-0.05, 0) is 6.42 Å². The lowest BCUT2D eigenvalue weighted by atomic mass is 10.1.